The molecule has 6 heteroatoms. The lowest BCUT2D eigenvalue weighted by atomic mass is 10.4. The van der Waals surface area contributed by atoms with Gasteiger partial charge in [0.1, 0.15) is 6.17 Å². The highest BCUT2D eigenvalue weighted by Gasteiger charge is 2.13. The number of aliphatic hydroxyl groups excluding tert-OH is 2. The number of nitrogens with zero attached hydrogens (tertiary/aromatic N) is 1. The van der Waals surface area contributed by atoms with E-state index in [-0.39, 0.29) is 19.4 Å². The Hall–Kier alpha value is -0.240. The van der Waals surface area contributed by atoms with Crippen LogP contribution in [0.5, 0.6) is 0 Å². The molecule has 0 heterocycles. The van der Waals surface area contributed by atoms with Gasteiger partial charge in [0.2, 0.25) is 0 Å². The van der Waals surface area contributed by atoms with Gasteiger partial charge < -0.3 is 15.9 Å². The molecule has 6 nitrogen and oxygen atoms in total. The highest BCUT2D eigenvalue weighted by Crippen LogP contribution is 2.02. The maximum atomic E-state index is 8.59. The molecule has 0 aliphatic carbocycles. The summed E-state index contributed by atoms with van der Waals surface area (Å²) in [6.45, 7) is 2.80. The van der Waals surface area contributed by atoms with Gasteiger partial charge in [0.05, 0.1) is 13.2 Å². The van der Waals surface area contributed by atoms with Crippen LogP contribution in [0.1, 0.15) is 26.2 Å². The van der Waals surface area contributed by atoms with Gasteiger partial charge >= 0.3 is 0 Å². The first-order valence-electron chi connectivity index (χ1n) is 5.28. The standard InChI is InChI=1S/C9H22N2O4/c1-2-9(10)11(14-7-3-5-12)15-8-4-6-13/h9,12-13H,2-8,10H2,1H3. The molecule has 0 bridgehead atoms. The Morgan fingerprint density at radius 3 is 1.93 bits per heavy atom. The number of nitrogens with two attached hydrogens (primary N) is 1. The van der Waals surface area contributed by atoms with Crippen molar-refractivity contribution < 1.29 is 19.9 Å². The van der Waals surface area contributed by atoms with E-state index in [0.29, 0.717) is 32.5 Å². The number of hydrogen-bond acceptors (Lipinski definition) is 6. The number of hydrogen-bond donors (Lipinski definition) is 3. The second kappa shape index (κ2) is 10.3. The lowest BCUT2D eigenvalue weighted by Crippen LogP contribution is -2.42. The fraction of sp³-hybridized carbons (Fsp3) is 1.00. The topological polar surface area (TPSA) is 88.2 Å². The summed E-state index contributed by atoms with van der Waals surface area (Å²) < 4.78 is 0. The van der Waals surface area contributed by atoms with Crippen molar-refractivity contribution in [1.29, 1.82) is 0 Å². The largest absolute Gasteiger partial charge is 0.396 e. The van der Waals surface area contributed by atoms with Crippen molar-refractivity contribution in [2.75, 3.05) is 26.4 Å². The summed E-state index contributed by atoms with van der Waals surface area (Å²) in [5, 5.41) is 18.4. The van der Waals surface area contributed by atoms with Crippen LogP contribution in [-0.4, -0.2) is 48.0 Å². The average Bonchev–Trinajstić information content (AvgIpc) is 2.26. The van der Waals surface area contributed by atoms with Gasteiger partial charge in [-0.25, -0.2) is 0 Å². The highest BCUT2D eigenvalue weighted by molar-refractivity contribution is 4.46. The summed E-state index contributed by atoms with van der Waals surface area (Å²) in [5.74, 6) is 0. The molecule has 0 aliphatic rings. The Bertz CT molecular complexity index is 127. The first-order chi connectivity index (χ1) is 7.26. The van der Waals surface area contributed by atoms with E-state index in [1.54, 1.807) is 0 Å². The zero-order valence-corrected chi connectivity index (χ0v) is 9.26. The van der Waals surface area contributed by atoms with Crippen LogP contribution in [0, 0.1) is 0 Å². The minimum Gasteiger partial charge on any atom is -0.396 e. The second-order valence-corrected chi connectivity index (χ2v) is 3.08. The van der Waals surface area contributed by atoms with E-state index in [0.717, 1.165) is 0 Å². The number of rotatable bonds is 10. The predicted octanol–water partition coefficient (Wildman–Crippen LogP) is -0.389. The van der Waals surface area contributed by atoms with Crippen molar-refractivity contribution in [3.05, 3.63) is 0 Å². The van der Waals surface area contributed by atoms with E-state index >= 15 is 0 Å². The SMILES string of the molecule is CCC(N)N(OCCCO)OCCCO. The summed E-state index contributed by atoms with van der Waals surface area (Å²) >= 11 is 0. The third-order valence-electron chi connectivity index (χ3n) is 1.73. The van der Waals surface area contributed by atoms with Crippen molar-refractivity contribution in [3.8, 4) is 0 Å². The minimum absolute atomic E-state index is 0.0752. The van der Waals surface area contributed by atoms with Crippen LogP contribution in [0.4, 0.5) is 0 Å². The van der Waals surface area contributed by atoms with Crippen LogP contribution in [0.2, 0.25) is 0 Å². The summed E-state index contributed by atoms with van der Waals surface area (Å²) in [6, 6.07) is 0. The van der Waals surface area contributed by atoms with Crippen molar-refractivity contribution in [2.24, 2.45) is 5.73 Å². The fourth-order valence-electron chi connectivity index (χ4n) is 0.816. The maximum absolute atomic E-state index is 8.59. The second-order valence-electron chi connectivity index (χ2n) is 3.08. The van der Waals surface area contributed by atoms with Crippen molar-refractivity contribution in [1.82, 2.24) is 5.23 Å². The lowest BCUT2D eigenvalue weighted by molar-refractivity contribution is -0.389. The monoisotopic (exact) mass is 222 g/mol. The van der Waals surface area contributed by atoms with Gasteiger partial charge in [0.15, 0.2) is 0 Å². The van der Waals surface area contributed by atoms with E-state index in [4.69, 9.17) is 25.6 Å². The molecule has 0 rings (SSSR count). The molecule has 0 aromatic carbocycles. The van der Waals surface area contributed by atoms with Gasteiger partial charge in [0.25, 0.3) is 0 Å². The number of aliphatic hydroxyl groups is 2. The van der Waals surface area contributed by atoms with Gasteiger partial charge in [-0.2, -0.15) is 0 Å². The highest BCUT2D eigenvalue weighted by atomic mass is 17.0. The van der Waals surface area contributed by atoms with Gasteiger partial charge in [-0.1, -0.05) is 6.92 Å². The Kier molecular flexibility index (Phi) is 10.1. The molecule has 92 valence electrons. The molecular formula is C9H22N2O4. The summed E-state index contributed by atoms with van der Waals surface area (Å²) in [5.41, 5.74) is 5.73. The Balaban J connectivity index is 3.73. The first kappa shape index (κ1) is 14.8. The molecule has 1 unspecified atom stereocenters. The van der Waals surface area contributed by atoms with Crippen LogP contribution < -0.4 is 5.73 Å². The molecule has 0 spiro atoms. The van der Waals surface area contributed by atoms with Crippen molar-refractivity contribution in [3.63, 3.8) is 0 Å². The molecule has 0 saturated heterocycles. The average molecular weight is 222 g/mol. The maximum Gasteiger partial charge on any atom is 0.109 e. The molecule has 0 aromatic heterocycles. The molecular weight excluding hydrogens is 200 g/mol. The Morgan fingerprint density at radius 2 is 1.60 bits per heavy atom. The quantitative estimate of drug-likeness (QED) is 0.265. The van der Waals surface area contributed by atoms with Crippen molar-refractivity contribution >= 4 is 0 Å². The molecule has 0 aromatic rings. The molecule has 0 radical (unpaired) electrons. The molecule has 0 amide bonds. The van der Waals surface area contributed by atoms with E-state index in [1.807, 2.05) is 6.92 Å². The molecule has 1 atom stereocenters. The van der Waals surface area contributed by atoms with Gasteiger partial charge in [0, 0.05) is 13.2 Å². The lowest BCUT2D eigenvalue weighted by Gasteiger charge is -2.25. The number of hydroxylamine groups is 2. The molecule has 0 aliphatic heterocycles. The summed E-state index contributed by atoms with van der Waals surface area (Å²) in [6.07, 6.45) is 1.44. The van der Waals surface area contributed by atoms with E-state index in [1.165, 1.54) is 5.23 Å². The van der Waals surface area contributed by atoms with Gasteiger partial charge in [-0.15, -0.1) is 0 Å². The van der Waals surface area contributed by atoms with Gasteiger partial charge in [-0.05, 0) is 24.5 Å². The van der Waals surface area contributed by atoms with E-state index in [2.05, 4.69) is 0 Å². The third-order valence-corrected chi connectivity index (χ3v) is 1.73. The third kappa shape index (κ3) is 7.66. The predicted molar refractivity (Wildman–Crippen MR) is 55.4 cm³/mol. The molecule has 4 N–H and O–H groups in total. The Morgan fingerprint density at radius 1 is 1.13 bits per heavy atom. The normalized spacial score (nSPS) is 13.4. The zero-order chi connectivity index (χ0) is 11.5. The minimum atomic E-state index is -0.331. The smallest absolute Gasteiger partial charge is 0.109 e. The van der Waals surface area contributed by atoms with Crippen LogP contribution in [-0.2, 0) is 9.68 Å². The van der Waals surface area contributed by atoms with Gasteiger partial charge in [-0.3, -0.25) is 9.68 Å². The first-order valence-corrected chi connectivity index (χ1v) is 5.28. The summed E-state index contributed by atoms with van der Waals surface area (Å²) in [4.78, 5) is 10.5. The summed E-state index contributed by atoms with van der Waals surface area (Å²) in [7, 11) is 0. The van der Waals surface area contributed by atoms with Crippen LogP contribution in [0.3, 0.4) is 0 Å². The molecule has 0 fully saturated rings. The fourth-order valence-corrected chi connectivity index (χ4v) is 0.816. The van der Waals surface area contributed by atoms with Crippen LogP contribution in [0.25, 0.3) is 0 Å². The van der Waals surface area contributed by atoms with E-state index < -0.39 is 0 Å². The van der Waals surface area contributed by atoms with Crippen molar-refractivity contribution in [2.45, 2.75) is 32.4 Å². The van der Waals surface area contributed by atoms with E-state index in [9.17, 15) is 0 Å². The van der Waals surface area contributed by atoms with Crippen LogP contribution >= 0.6 is 0 Å². The molecule has 15 heavy (non-hydrogen) atoms. The molecule has 0 saturated carbocycles. The zero-order valence-electron chi connectivity index (χ0n) is 9.26. The van der Waals surface area contributed by atoms with Crippen LogP contribution in [0.15, 0.2) is 0 Å². The Labute approximate surface area is 90.5 Å².